The third kappa shape index (κ3) is 2.93. The monoisotopic (exact) mass is 250 g/mol. The fourth-order valence-electron chi connectivity index (χ4n) is 1.53. The number of hydrogen-bond acceptors (Lipinski definition) is 7. The van der Waals surface area contributed by atoms with Crippen molar-refractivity contribution in [2.24, 2.45) is 0 Å². The van der Waals surface area contributed by atoms with Crippen LogP contribution in [-0.4, -0.2) is 60.9 Å². The SMILES string of the molecule is CC(O)(CC(=N)[O-])C(C)(O)C(C)(O)C(O)CO. The quantitative estimate of drug-likeness (QED) is 0.223. The van der Waals surface area contributed by atoms with E-state index in [9.17, 15) is 25.5 Å². The second-order valence-electron chi connectivity index (χ2n) is 4.79. The Morgan fingerprint density at radius 3 is 1.94 bits per heavy atom. The molecule has 6 N–H and O–H groups in total. The molecule has 0 bridgehead atoms. The van der Waals surface area contributed by atoms with Gasteiger partial charge in [-0.1, -0.05) is 0 Å². The van der Waals surface area contributed by atoms with Gasteiger partial charge in [-0.3, -0.25) is 0 Å². The van der Waals surface area contributed by atoms with Gasteiger partial charge in [0.1, 0.15) is 17.3 Å². The number of nitrogens with one attached hydrogen (secondary N) is 1. The van der Waals surface area contributed by atoms with Gasteiger partial charge in [0.2, 0.25) is 0 Å². The van der Waals surface area contributed by atoms with Crippen LogP contribution in [0.1, 0.15) is 27.2 Å². The molecule has 0 heterocycles. The van der Waals surface area contributed by atoms with Crippen molar-refractivity contribution in [2.45, 2.75) is 50.1 Å². The molecule has 0 saturated heterocycles. The van der Waals surface area contributed by atoms with Crippen LogP contribution in [0.5, 0.6) is 0 Å². The standard InChI is InChI=1S/C10H21NO6/c1-8(15,4-7(11)14)10(3,17)9(2,16)6(13)5-12/h6,12-13,15-17H,4-5H2,1-3H3,(H2,11,14)/p-1. The van der Waals surface area contributed by atoms with Crippen LogP contribution in [-0.2, 0) is 0 Å². The lowest BCUT2D eigenvalue weighted by Crippen LogP contribution is -2.69. The van der Waals surface area contributed by atoms with Crippen LogP contribution < -0.4 is 5.11 Å². The van der Waals surface area contributed by atoms with Crippen LogP contribution in [0.3, 0.4) is 0 Å². The molecule has 0 rings (SSSR count). The molecule has 4 atom stereocenters. The van der Waals surface area contributed by atoms with E-state index in [1.165, 1.54) is 0 Å². The number of rotatable bonds is 6. The van der Waals surface area contributed by atoms with E-state index in [0.29, 0.717) is 0 Å². The van der Waals surface area contributed by atoms with Crippen molar-refractivity contribution in [1.82, 2.24) is 0 Å². The van der Waals surface area contributed by atoms with E-state index in [0.717, 1.165) is 20.8 Å². The van der Waals surface area contributed by atoms with Crippen molar-refractivity contribution in [3.05, 3.63) is 0 Å². The van der Waals surface area contributed by atoms with Crippen LogP contribution in [0, 0.1) is 5.41 Å². The zero-order chi connectivity index (χ0) is 14.1. The molecule has 102 valence electrons. The minimum absolute atomic E-state index is 0.714. The van der Waals surface area contributed by atoms with Crippen molar-refractivity contribution >= 4 is 5.90 Å². The van der Waals surface area contributed by atoms with E-state index in [4.69, 9.17) is 10.5 Å². The first kappa shape index (κ1) is 16.3. The molecular weight excluding hydrogens is 230 g/mol. The lowest BCUT2D eigenvalue weighted by Gasteiger charge is -2.49. The maximum absolute atomic E-state index is 10.7. The molecule has 17 heavy (non-hydrogen) atoms. The van der Waals surface area contributed by atoms with Gasteiger partial charge in [0.15, 0.2) is 0 Å². The third-order valence-corrected chi connectivity index (χ3v) is 3.36. The normalized spacial score (nSPS) is 24.2. The number of hydrogen-bond donors (Lipinski definition) is 6. The van der Waals surface area contributed by atoms with E-state index in [1.807, 2.05) is 0 Å². The van der Waals surface area contributed by atoms with Crippen molar-refractivity contribution in [3.8, 4) is 0 Å². The lowest BCUT2D eigenvalue weighted by atomic mass is 9.70. The highest BCUT2D eigenvalue weighted by atomic mass is 16.4. The van der Waals surface area contributed by atoms with Crippen LogP contribution >= 0.6 is 0 Å². The highest BCUT2D eigenvalue weighted by molar-refractivity contribution is 5.69. The summed E-state index contributed by atoms with van der Waals surface area (Å²) in [4.78, 5) is 0. The summed E-state index contributed by atoms with van der Waals surface area (Å²) in [6.07, 6.45) is -2.42. The Morgan fingerprint density at radius 2 is 1.65 bits per heavy atom. The van der Waals surface area contributed by atoms with E-state index in [2.05, 4.69) is 0 Å². The first-order chi connectivity index (χ1) is 7.40. The second kappa shape index (κ2) is 4.87. The van der Waals surface area contributed by atoms with Gasteiger partial charge in [0.05, 0.1) is 12.2 Å². The summed E-state index contributed by atoms with van der Waals surface area (Å²) < 4.78 is 0. The number of aliphatic hydroxyl groups excluding tert-OH is 2. The van der Waals surface area contributed by atoms with Crippen molar-refractivity contribution < 1.29 is 30.6 Å². The molecule has 0 spiro atoms. The summed E-state index contributed by atoms with van der Waals surface area (Å²) in [6.45, 7) is 2.29. The zero-order valence-corrected chi connectivity index (χ0v) is 10.1. The third-order valence-electron chi connectivity index (χ3n) is 3.36. The largest absolute Gasteiger partial charge is 0.862 e. The van der Waals surface area contributed by atoms with Crippen LogP contribution in [0.2, 0.25) is 0 Å². The molecule has 7 nitrogen and oxygen atoms in total. The van der Waals surface area contributed by atoms with E-state index >= 15 is 0 Å². The highest BCUT2D eigenvalue weighted by Crippen LogP contribution is 2.36. The minimum Gasteiger partial charge on any atom is -0.862 e. The molecule has 0 radical (unpaired) electrons. The van der Waals surface area contributed by atoms with E-state index in [-0.39, 0.29) is 0 Å². The van der Waals surface area contributed by atoms with Gasteiger partial charge >= 0.3 is 0 Å². The molecule has 4 unspecified atom stereocenters. The van der Waals surface area contributed by atoms with Crippen LogP contribution in [0.15, 0.2) is 0 Å². The molecule has 0 amide bonds. The molecular formula is C10H20NO6-. The van der Waals surface area contributed by atoms with Gasteiger partial charge in [-0.05, 0) is 26.7 Å². The molecule has 7 heteroatoms. The maximum atomic E-state index is 10.7. The Hall–Kier alpha value is -0.730. The average Bonchev–Trinajstić information content (AvgIpc) is 2.13. The Labute approximate surface area is 99.5 Å². The molecule has 0 saturated carbocycles. The summed E-state index contributed by atoms with van der Waals surface area (Å²) in [5.41, 5.74) is -6.66. The lowest BCUT2D eigenvalue weighted by molar-refractivity contribution is -0.267. The maximum Gasteiger partial charge on any atom is 0.121 e. The van der Waals surface area contributed by atoms with Crippen molar-refractivity contribution in [1.29, 1.82) is 5.41 Å². The Kier molecular flexibility index (Phi) is 4.66. The predicted molar refractivity (Wildman–Crippen MR) is 57.3 cm³/mol. The average molecular weight is 250 g/mol. The predicted octanol–water partition coefficient (Wildman–Crippen LogP) is -2.68. The van der Waals surface area contributed by atoms with E-state index in [1.54, 1.807) is 0 Å². The van der Waals surface area contributed by atoms with Gasteiger partial charge < -0.3 is 36.0 Å². The smallest absolute Gasteiger partial charge is 0.121 e. The molecule has 0 aromatic heterocycles. The van der Waals surface area contributed by atoms with Gasteiger partial charge in [-0.2, -0.15) is 0 Å². The summed E-state index contributed by atoms with van der Waals surface area (Å²) in [7, 11) is 0. The first-order valence-corrected chi connectivity index (χ1v) is 5.10. The van der Waals surface area contributed by atoms with Crippen molar-refractivity contribution in [3.63, 3.8) is 0 Å². The molecule has 0 aliphatic heterocycles. The van der Waals surface area contributed by atoms with Gasteiger partial charge in [0.25, 0.3) is 0 Å². The Bertz CT molecular complexity index is 287. The summed E-state index contributed by atoms with van der Waals surface area (Å²) in [5.74, 6) is -1.12. The van der Waals surface area contributed by atoms with Gasteiger partial charge in [-0.15, -0.1) is 0 Å². The van der Waals surface area contributed by atoms with Crippen molar-refractivity contribution in [2.75, 3.05) is 6.61 Å². The fourth-order valence-corrected chi connectivity index (χ4v) is 1.53. The Balaban J connectivity index is 5.30. The topological polar surface area (TPSA) is 148 Å². The van der Waals surface area contributed by atoms with Crippen LogP contribution in [0.25, 0.3) is 0 Å². The molecule has 0 fully saturated rings. The molecule has 0 aromatic rings. The fraction of sp³-hybridized carbons (Fsp3) is 0.900. The van der Waals surface area contributed by atoms with E-state index < -0.39 is 41.8 Å². The second-order valence-corrected chi connectivity index (χ2v) is 4.79. The molecule has 0 aliphatic carbocycles. The highest BCUT2D eigenvalue weighted by Gasteiger charge is 2.56. The zero-order valence-electron chi connectivity index (χ0n) is 10.1. The van der Waals surface area contributed by atoms with Gasteiger partial charge in [-0.25, -0.2) is 0 Å². The summed E-state index contributed by atoms with van der Waals surface area (Å²) in [6, 6.07) is 0. The van der Waals surface area contributed by atoms with Crippen LogP contribution in [0.4, 0.5) is 0 Å². The number of aliphatic hydroxyl groups is 5. The first-order valence-electron chi connectivity index (χ1n) is 5.10. The molecule has 0 aromatic carbocycles. The Morgan fingerprint density at radius 1 is 1.24 bits per heavy atom. The summed E-state index contributed by atoms with van der Waals surface area (Å²) in [5, 5.41) is 65.7. The summed E-state index contributed by atoms with van der Waals surface area (Å²) >= 11 is 0. The molecule has 0 aliphatic rings. The minimum atomic E-state index is -2.29. The van der Waals surface area contributed by atoms with Gasteiger partial charge in [0, 0.05) is 6.42 Å².